The predicted molar refractivity (Wildman–Crippen MR) is 88.7 cm³/mol. The molecule has 1 aromatic carbocycles. The summed E-state index contributed by atoms with van der Waals surface area (Å²) < 4.78 is 0. The maximum Gasteiger partial charge on any atom is 0.256 e. The maximum atomic E-state index is 12.1. The summed E-state index contributed by atoms with van der Waals surface area (Å²) in [5.41, 5.74) is 1.63. The first-order valence-corrected chi connectivity index (χ1v) is 7.59. The fraction of sp³-hybridized carbons (Fsp3) is 0.250. The number of anilines is 2. The van der Waals surface area contributed by atoms with Gasteiger partial charge in [0.1, 0.15) is 5.82 Å². The summed E-state index contributed by atoms with van der Waals surface area (Å²) in [7, 11) is 0. The van der Waals surface area contributed by atoms with Gasteiger partial charge in [0.25, 0.3) is 5.91 Å². The van der Waals surface area contributed by atoms with E-state index in [2.05, 4.69) is 20.5 Å². The lowest BCUT2D eigenvalue weighted by atomic mass is 10.2. The van der Waals surface area contributed by atoms with Gasteiger partial charge in [0.2, 0.25) is 0 Å². The summed E-state index contributed by atoms with van der Waals surface area (Å²) in [5.74, 6) is 0.345. The summed E-state index contributed by atoms with van der Waals surface area (Å²) >= 11 is 5.81. The van der Waals surface area contributed by atoms with Crippen molar-refractivity contribution in [3.05, 3.63) is 53.2 Å². The van der Waals surface area contributed by atoms with Gasteiger partial charge in [0, 0.05) is 36.8 Å². The van der Waals surface area contributed by atoms with E-state index in [0.717, 1.165) is 31.9 Å². The molecule has 0 atom stereocenters. The van der Waals surface area contributed by atoms with Crippen LogP contribution in [0.3, 0.4) is 0 Å². The van der Waals surface area contributed by atoms with Gasteiger partial charge in [0.05, 0.1) is 11.9 Å². The second-order valence-corrected chi connectivity index (χ2v) is 5.54. The summed E-state index contributed by atoms with van der Waals surface area (Å²) in [6.45, 7) is 3.90. The zero-order valence-corrected chi connectivity index (χ0v) is 12.8. The van der Waals surface area contributed by atoms with E-state index in [0.29, 0.717) is 16.4 Å². The Labute approximate surface area is 134 Å². The molecule has 1 aliphatic heterocycles. The van der Waals surface area contributed by atoms with E-state index in [4.69, 9.17) is 11.6 Å². The zero-order chi connectivity index (χ0) is 15.4. The van der Waals surface area contributed by atoms with E-state index >= 15 is 0 Å². The molecule has 1 saturated heterocycles. The molecule has 5 nitrogen and oxygen atoms in total. The first kappa shape index (κ1) is 14.8. The van der Waals surface area contributed by atoms with Crippen molar-refractivity contribution in [2.75, 3.05) is 36.4 Å². The van der Waals surface area contributed by atoms with Crippen LogP contribution in [0.1, 0.15) is 10.4 Å². The van der Waals surface area contributed by atoms with Crippen molar-refractivity contribution in [1.29, 1.82) is 0 Å². The third-order valence-electron chi connectivity index (χ3n) is 3.58. The van der Waals surface area contributed by atoms with Crippen LogP contribution in [0.2, 0.25) is 5.02 Å². The molecule has 0 aliphatic carbocycles. The third-order valence-corrected chi connectivity index (χ3v) is 3.83. The number of benzene rings is 1. The molecule has 0 bridgehead atoms. The second kappa shape index (κ2) is 6.77. The van der Waals surface area contributed by atoms with Crippen LogP contribution in [0.25, 0.3) is 0 Å². The van der Waals surface area contributed by atoms with Crippen LogP contribution in [0.5, 0.6) is 0 Å². The molecule has 0 unspecified atom stereocenters. The lowest BCUT2D eigenvalue weighted by Crippen LogP contribution is -2.43. The van der Waals surface area contributed by atoms with Gasteiger partial charge in [-0.1, -0.05) is 11.6 Å². The molecule has 2 N–H and O–H groups in total. The minimum Gasteiger partial charge on any atom is -0.368 e. The van der Waals surface area contributed by atoms with Crippen LogP contribution >= 0.6 is 11.6 Å². The highest BCUT2D eigenvalue weighted by molar-refractivity contribution is 6.30. The predicted octanol–water partition coefficient (Wildman–Crippen LogP) is 2.40. The number of halogens is 1. The first-order valence-electron chi connectivity index (χ1n) is 7.21. The molecule has 1 fully saturated rings. The Morgan fingerprint density at radius 3 is 2.50 bits per heavy atom. The van der Waals surface area contributed by atoms with Gasteiger partial charge < -0.3 is 15.5 Å². The fourth-order valence-electron chi connectivity index (χ4n) is 2.36. The van der Waals surface area contributed by atoms with Crippen LogP contribution in [0.15, 0.2) is 42.6 Å². The molecule has 3 rings (SSSR count). The van der Waals surface area contributed by atoms with E-state index in [1.165, 1.54) is 0 Å². The topological polar surface area (TPSA) is 57.3 Å². The zero-order valence-electron chi connectivity index (χ0n) is 12.1. The summed E-state index contributed by atoms with van der Waals surface area (Å²) in [6.07, 6.45) is 1.79. The Hall–Kier alpha value is -2.11. The number of piperazine rings is 1. The quantitative estimate of drug-likeness (QED) is 0.913. The summed E-state index contributed by atoms with van der Waals surface area (Å²) in [4.78, 5) is 18.7. The van der Waals surface area contributed by atoms with Gasteiger partial charge in [0.15, 0.2) is 0 Å². The molecule has 2 aromatic rings. The molecule has 0 radical (unpaired) electrons. The SMILES string of the molecule is O=C(Nc1ccc(N2CCNCC2)cn1)c1ccc(Cl)cc1. The molecule has 114 valence electrons. The van der Waals surface area contributed by atoms with Crippen LogP contribution in [-0.4, -0.2) is 37.1 Å². The normalized spacial score (nSPS) is 14.7. The number of rotatable bonds is 3. The van der Waals surface area contributed by atoms with Crippen molar-refractivity contribution < 1.29 is 4.79 Å². The van der Waals surface area contributed by atoms with Crippen LogP contribution in [0.4, 0.5) is 11.5 Å². The Morgan fingerprint density at radius 1 is 1.14 bits per heavy atom. The number of carbonyl (C=O) groups excluding carboxylic acids is 1. The minimum atomic E-state index is -0.195. The van der Waals surface area contributed by atoms with Gasteiger partial charge in [-0.05, 0) is 36.4 Å². The van der Waals surface area contributed by atoms with Crippen molar-refractivity contribution in [3.8, 4) is 0 Å². The monoisotopic (exact) mass is 316 g/mol. The minimum absolute atomic E-state index is 0.195. The highest BCUT2D eigenvalue weighted by atomic mass is 35.5. The third kappa shape index (κ3) is 3.55. The molecule has 6 heteroatoms. The largest absolute Gasteiger partial charge is 0.368 e. The Kier molecular flexibility index (Phi) is 4.56. The number of hydrogen-bond acceptors (Lipinski definition) is 4. The molecular weight excluding hydrogens is 300 g/mol. The average Bonchev–Trinajstić information content (AvgIpc) is 2.57. The molecule has 1 aliphatic rings. The van der Waals surface area contributed by atoms with Gasteiger partial charge >= 0.3 is 0 Å². The van der Waals surface area contributed by atoms with Crippen LogP contribution < -0.4 is 15.5 Å². The Bertz CT molecular complexity index is 636. The first-order chi connectivity index (χ1) is 10.7. The number of nitrogens with one attached hydrogen (secondary N) is 2. The number of amides is 1. The second-order valence-electron chi connectivity index (χ2n) is 5.10. The van der Waals surface area contributed by atoms with Crippen molar-refractivity contribution in [1.82, 2.24) is 10.3 Å². The molecule has 0 spiro atoms. The summed E-state index contributed by atoms with van der Waals surface area (Å²) in [5, 5.41) is 6.71. The molecule has 1 amide bonds. The lowest BCUT2D eigenvalue weighted by molar-refractivity contribution is 0.102. The highest BCUT2D eigenvalue weighted by Gasteiger charge is 2.11. The molecule has 1 aromatic heterocycles. The standard InChI is InChI=1S/C16H17ClN4O/c17-13-3-1-12(2-4-13)16(22)20-15-6-5-14(11-19-15)21-9-7-18-8-10-21/h1-6,11,18H,7-10H2,(H,19,20,22). The van der Waals surface area contributed by atoms with Gasteiger partial charge in [-0.3, -0.25) is 4.79 Å². The van der Waals surface area contributed by atoms with E-state index in [9.17, 15) is 4.79 Å². The van der Waals surface area contributed by atoms with Crippen LogP contribution in [-0.2, 0) is 0 Å². The Balaban J connectivity index is 1.65. The Morgan fingerprint density at radius 2 is 1.86 bits per heavy atom. The molecular formula is C16H17ClN4O. The van der Waals surface area contributed by atoms with E-state index in [1.807, 2.05) is 12.1 Å². The highest BCUT2D eigenvalue weighted by Crippen LogP contribution is 2.16. The smallest absolute Gasteiger partial charge is 0.256 e. The van der Waals surface area contributed by atoms with Crippen LogP contribution in [0, 0.1) is 0 Å². The van der Waals surface area contributed by atoms with Crippen molar-refractivity contribution in [3.63, 3.8) is 0 Å². The van der Waals surface area contributed by atoms with Gasteiger partial charge in [-0.15, -0.1) is 0 Å². The van der Waals surface area contributed by atoms with Gasteiger partial charge in [-0.2, -0.15) is 0 Å². The number of hydrogen-bond donors (Lipinski definition) is 2. The molecule has 22 heavy (non-hydrogen) atoms. The van der Waals surface area contributed by atoms with Crippen molar-refractivity contribution in [2.45, 2.75) is 0 Å². The molecule has 0 saturated carbocycles. The van der Waals surface area contributed by atoms with E-state index in [-0.39, 0.29) is 5.91 Å². The van der Waals surface area contributed by atoms with Crippen molar-refractivity contribution in [2.24, 2.45) is 0 Å². The maximum absolute atomic E-state index is 12.1. The van der Waals surface area contributed by atoms with E-state index < -0.39 is 0 Å². The number of pyridine rings is 1. The van der Waals surface area contributed by atoms with E-state index in [1.54, 1.807) is 30.5 Å². The number of aromatic nitrogens is 1. The number of nitrogens with zero attached hydrogens (tertiary/aromatic N) is 2. The number of carbonyl (C=O) groups is 1. The average molecular weight is 317 g/mol. The molecule has 2 heterocycles. The van der Waals surface area contributed by atoms with Gasteiger partial charge in [-0.25, -0.2) is 4.98 Å². The van der Waals surface area contributed by atoms with Crippen molar-refractivity contribution >= 4 is 29.0 Å². The summed E-state index contributed by atoms with van der Waals surface area (Å²) in [6, 6.07) is 10.6. The fourth-order valence-corrected chi connectivity index (χ4v) is 2.49. The lowest BCUT2D eigenvalue weighted by Gasteiger charge is -2.29.